The summed E-state index contributed by atoms with van der Waals surface area (Å²) in [7, 11) is 0. The minimum Gasteiger partial charge on any atom is -0.393 e. The van der Waals surface area contributed by atoms with Crippen molar-refractivity contribution < 1.29 is 14.6 Å². The lowest BCUT2D eigenvalue weighted by Crippen LogP contribution is -2.45. The first-order chi connectivity index (χ1) is 7.15. The molecule has 15 heavy (non-hydrogen) atoms. The average molecular weight is 234 g/mol. The second-order valence-electron chi connectivity index (χ2n) is 4.38. The molecule has 0 saturated carbocycles. The summed E-state index contributed by atoms with van der Waals surface area (Å²) in [6, 6.07) is 0. The molecule has 2 rings (SSSR count). The highest BCUT2D eigenvalue weighted by molar-refractivity contribution is 6.27. The maximum atomic E-state index is 11.4. The lowest BCUT2D eigenvalue weighted by molar-refractivity contribution is -0.133. The van der Waals surface area contributed by atoms with E-state index in [9.17, 15) is 9.90 Å². The van der Waals surface area contributed by atoms with Gasteiger partial charge in [-0.15, -0.1) is 11.6 Å². The Morgan fingerprint density at radius 2 is 2.47 bits per heavy atom. The van der Waals surface area contributed by atoms with Crippen LogP contribution in [0.2, 0.25) is 0 Å². The summed E-state index contributed by atoms with van der Waals surface area (Å²) in [6.45, 7) is 1.86. The highest BCUT2D eigenvalue weighted by atomic mass is 35.5. The summed E-state index contributed by atoms with van der Waals surface area (Å²) >= 11 is 5.51. The van der Waals surface area contributed by atoms with Gasteiger partial charge in [-0.1, -0.05) is 0 Å². The van der Waals surface area contributed by atoms with Crippen LogP contribution in [0.1, 0.15) is 19.3 Å². The number of likely N-dealkylation sites (tertiary alicyclic amines) is 1. The highest BCUT2D eigenvalue weighted by Gasteiger charge is 2.43. The normalized spacial score (nSPS) is 36.1. The van der Waals surface area contributed by atoms with E-state index < -0.39 is 0 Å². The second-order valence-corrected chi connectivity index (χ2v) is 4.64. The highest BCUT2D eigenvalue weighted by Crippen LogP contribution is 2.34. The number of halogens is 1. The quantitative estimate of drug-likeness (QED) is 0.666. The van der Waals surface area contributed by atoms with Crippen molar-refractivity contribution in [1.29, 1.82) is 0 Å². The number of hydrogen-bond acceptors (Lipinski definition) is 3. The van der Waals surface area contributed by atoms with Crippen LogP contribution in [-0.2, 0) is 9.53 Å². The fourth-order valence-corrected chi connectivity index (χ4v) is 2.60. The van der Waals surface area contributed by atoms with Crippen molar-refractivity contribution in [2.24, 2.45) is 0 Å². The largest absolute Gasteiger partial charge is 0.393 e. The van der Waals surface area contributed by atoms with Crippen LogP contribution < -0.4 is 0 Å². The molecule has 0 unspecified atom stereocenters. The average Bonchev–Trinajstić information content (AvgIpc) is 2.60. The number of hydrogen-bond donors (Lipinski definition) is 1. The van der Waals surface area contributed by atoms with Crippen LogP contribution in [0.3, 0.4) is 0 Å². The van der Waals surface area contributed by atoms with Crippen LogP contribution in [0.5, 0.6) is 0 Å². The van der Waals surface area contributed by atoms with Crippen LogP contribution in [0.4, 0.5) is 0 Å². The van der Waals surface area contributed by atoms with Crippen LogP contribution in [0.25, 0.3) is 0 Å². The number of ether oxygens (including phenoxy) is 1. The molecule has 2 aliphatic heterocycles. The fraction of sp³-hybridized carbons (Fsp3) is 0.900. The Morgan fingerprint density at radius 3 is 3.13 bits per heavy atom. The summed E-state index contributed by atoms with van der Waals surface area (Å²) < 4.78 is 5.72. The number of rotatable bonds is 1. The van der Waals surface area contributed by atoms with E-state index in [0.29, 0.717) is 32.5 Å². The first kappa shape index (κ1) is 11.2. The second kappa shape index (κ2) is 4.28. The van der Waals surface area contributed by atoms with Crippen LogP contribution >= 0.6 is 11.6 Å². The lowest BCUT2D eigenvalue weighted by atomic mass is 9.91. The van der Waals surface area contributed by atoms with Gasteiger partial charge >= 0.3 is 0 Å². The Labute approximate surface area is 94.1 Å². The van der Waals surface area contributed by atoms with Gasteiger partial charge in [0.25, 0.3) is 0 Å². The standard InChI is InChI=1S/C10H16ClNO3/c11-6-9(14)12-3-2-10(7-12)5-8(13)1-4-15-10/h8,13H,1-7H2/t8-,10+/m1/s1. The molecule has 0 aromatic rings. The molecule has 0 aliphatic carbocycles. The fourth-order valence-electron chi connectivity index (χ4n) is 2.43. The van der Waals surface area contributed by atoms with Gasteiger partial charge in [-0.25, -0.2) is 0 Å². The Hall–Kier alpha value is -0.320. The molecule has 1 N–H and O–H groups in total. The number of aliphatic hydroxyl groups is 1. The van der Waals surface area contributed by atoms with E-state index in [0.717, 1.165) is 6.42 Å². The van der Waals surface area contributed by atoms with Crippen molar-refractivity contribution in [1.82, 2.24) is 4.90 Å². The number of nitrogens with zero attached hydrogens (tertiary/aromatic N) is 1. The first-order valence-corrected chi connectivity index (χ1v) is 5.84. The van der Waals surface area contributed by atoms with Crippen LogP contribution in [0, 0.1) is 0 Å². The number of amides is 1. The number of alkyl halides is 1. The summed E-state index contributed by atoms with van der Waals surface area (Å²) in [5, 5.41) is 9.61. The maximum absolute atomic E-state index is 11.4. The molecule has 2 atom stereocenters. The third kappa shape index (κ3) is 2.27. The van der Waals surface area contributed by atoms with Crippen molar-refractivity contribution in [3.05, 3.63) is 0 Å². The van der Waals surface area contributed by atoms with E-state index in [2.05, 4.69) is 0 Å². The predicted molar refractivity (Wildman–Crippen MR) is 55.8 cm³/mol. The molecule has 2 heterocycles. The molecule has 2 fully saturated rings. The van der Waals surface area contributed by atoms with Gasteiger partial charge in [-0.2, -0.15) is 0 Å². The van der Waals surface area contributed by atoms with Crippen molar-refractivity contribution in [3.8, 4) is 0 Å². The minimum absolute atomic E-state index is 0.0264. The molecule has 2 aliphatic rings. The monoisotopic (exact) mass is 233 g/mol. The maximum Gasteiger partial charge on any atom is 0.237 e. The van der Waals surface area contributed by atoms with Gasteiger partial charge in [0, 0.05) is 26.1 Å². The molecule has 2 saturated heterocycles. The van der Waals surface area contributed by atoms with E-state index in [1.54, 1.807) is 4.90 Å². The molecule has 0 radical (unpaired) electrons. The van der Waals surface area contributed by atoms with Crippen molar-refractivity contribution >= 4 is 17.5 Å². The third-order valence-corrected chi connectivity index (χ3v) is 3.48. The molecule has 0 aromatic carbocycles. The van der Waals surface area contributed by atoms with E-state index in [4.69, 9.17) is 16.3 Å². The summed E-state index contributed by atoms with van der Waals surface area (Å²) in [6.07, 6.45) is 1.86. The van der Waals surface area contributed by atoms with Gasteiger partial charge in [0.2, 0.25) is 5.91 Å². The molecule has 5 heteroatoms. The minimum atomic E-state index is -0.306. The van der Waals surface area contributed by atoms with Crippen LogP contribution in [0.15, 0.2) is 0 Å². The molecule has 0 bridgehead atoms. The van der Waals surface area contributed by atoms with Gasteiger partial charge in [-0.3, -0.25) is 4.79 Å². The third-order valence-electron chi connectivity index (χ3n) is 3.25. The Bertz CT molecular complexity index is 261. The SMILES string of the molecule is O=C(CCl)N1CC[C@]2(C[C@H](O)CCO2)C1. The molecule has 86 valence electrons. The molecule has 1 spiro atoms. The molecular formula is C10H16ClNO3. The van der Waals surface area contributed by atoms with Gasteiger partial charge in [0.05, 0.1) is 11.7 Å². The Kier molecular flexibility index (Phi) is 3.19. The number of carbonyl (C=O) groups excluding carboxylic acids is 1. The summed E-state index contributed by atoms with van der Waals surface area (Å²) in [4.78, 5) is 13.1. The Balaban J connectivity index is 1.98. The van der Waals surface area contributed by atoms with Gasteiger partial charge in [-0.05, 0) is 12.8 Å². The zero-order chi connectivity index (χ0) is 10.9. The molecule has 1 amide bonds. The van der Waals surface area contributed by atoms with Crippen molar-refractivity contribution in [2.45, 2.75) is 31.0 Å². The summed E-state index contributed by atoms with van der Waals surface area (Å²) in [5.74, 6) is -0.0178. The predicted octanol–water partition coefficient (Wildman–Crippen LogP) is 0.368. The van der Waals surface area contributed by atoms with Gasteiger partial charge < -0.3 is 14.7 Å². The van der Waals surface area contributed by atoms with Crippen molar-refractivity contribution in [3.63, 3.8) is 0 Å². The number of carbonyl (C=O) groups is 1. The van der Waals surface area contributed by atoms with E-state index >= 15 is 0 Å². The smallest absolute Gasteiger partial charge is 0.237 e. The first-order valence-electron chi connectivity index (χ1n) is 5.31. The zero-order valence-electron chi connectivity index (χ0n) is 8.62. The van der Waals surface area contributed by atoms with Gasteiger partial charge in [0.15, 0.2) is 0 Å². The van der Waals surface area contributed by atoms with Crippen molar-refractivity contribution in [2.75, 3.05) is 25.6 Å². The topological polar surface area (TPSA) is 49.8 Å². The van der Waals surface area contributed by atoms with E-state index in [1.807, 2.05) is 0 Å². The molecular weight excluding hydrogens is 218 g/mol. The lowest BCUT2D eigenvalue weighted by Gasteiger charge is -2.36. The van der Waals surface area contributed by atoms with E-state index in [1.165, 1.54) is 0 Å². The Morgan fingerprint density at radius 1 is 1.67 bits per heavy atom. The molecule has 0 aromatic heterocycles. The molecule has 4 nitrogen and oxygen atoms in total. The zero-order valence-corrected chi connectivity index (χ0v) is 9.37. The van der Waals surface area contributed by atoms with Crippen LogP contribution in [-0.4, -0.2) is 53.2 Å². The van der Waals surface area contributed by atoms with Gasteiger partial charge in [0.1, 0.15) is 5.88 Å². The summed E-state index contributed by atoms with van der Waals surface area (Å²) in [5.41, 5.74) is -0.306. The number of aliphatic hydroxyl groups excluding tert-OH is 1. The van der Waals surface area contributed by atoms with E-state index in [-0.39, 0.29) is 23.5 Å².